The van der Waals surface area contributed by atoms with Gasteiger partial charge in [0.05, 0.1) is 6.04 Å². The number of carbonyl (C=O) groups excluding carboxylic acids is 2. The number of nitrogens with zero attached hydrogens (tertiary/aromatic N) is 1. The molecular formula is C17H19N3O2. The monoisotopic (exact) mass is 297 g/mol. The summed E-state index contributed by atoms with van der Waals surface area (Å²) in [5, 5.41) is 5.62. The van der Waals surface area contributed by atoms with E-state index in [2.05, 4.69) is 15.6 Å². The number of hydrogen-bond donors (Lipinski definition) is 2. The molecule has 1 heterocycles. The average Bonchev–Trinajstić information content (AvgIpc) is 2.56. The fourth-order valence-electron chi connectivity index (χ4n) is 2.03. The maximum absolute atomic E-state index is 11.9. The number of hydrogen-bond acceptors (Lipinski definition) is 3. The smallest absolute Gasteiger partial charge is 0.251 e. The van der Waals surface area contributed by atoms with Gasteiger partial charge in [-0.1, -0.05) is 30.3 Å². The third-order valence-corrected chi connectivity index (χ3v) is 3.26. The van der Waals surface area contributed by atoms with Crippen molar-refractivity contribution in [2.24, 2.45) is 0 Å². The molecule has 0 aliphatic carbocycles. The molecule has 0 aliphatic rings. The quantitative estimate of drug-likeness (QED) is 0.857. The molecule has 22 heavy (non-hydrogen) atoms. The second-order valence-electron chi connectivity index (χ2n) is 4.94. The second-order valence-corrected chi connectivity index (χ2v) is 4.94. The van der Waals surface area contributed by atoms with Crippen LogP contribution in [-0.2, 0) is 4.79 Å². The van der Waals surface area contributed by atoms with Crippen molar-refractivity contribution in [1.82, 2.24) is 15.6 Å². The minimum absolute atomic E-state index is 0.0513. The van der Waals surface area contributed by atoms with Crippen molar-refractivity contribution in [1.29, 1.82) is 0 Å². The summed E-state index contributed by atoms with van der Waals surface area (Å²) >= 11 is 0. The molecule has 114 valence electrons. The Morgan fingerprint density at radius 1 is 1.09 bits per heavy atom. The summed E-state index contributed by atoms with van der Waals surface area (Å²) in [5.41, 5.74) is 1.59. The van der Waals surface area contributed by atoms with E-state index in [0.29, 0.717) is 12.1 Å². The van der Waals surface area contributed by atoms with E-state index in [4.69, 9.17) is 0 Å². The number of pyridine rings is 1. The summed E-state index contributed by atoms with van der Waals surface area (Å²) in [5.74, 6) is -0.294. The maximum Gasteiger partial charge on any atom is 0.251 e. The molecule has 2 rings (SSSR count). The minimum Gasteiger partial charge on any atom is -0.352 e. The van der Waals surface area contributed by atoms with Gasteiger partial charge in [-0.3, -0.25) is 14.6 Å². The lowest BCUT2D eigenvalue weighted by atomic mass is 10.1. The van der Waals surface area contributed by atoms with Gasteiger partial charge in [0.1, 0.15) is 0 Å². The number of nitrogens with one attached hydrogen (secondary N) is 2. The van der Waals surface area contributed by atoms with Crippen molar-refractivity contribution >= 4 is 11.8 Å². The van der Waals surface area contributed by atoms with Gasteiger partial charge in [-0.25, -0.2) is 0 Å². The second kappa shape index (κ2) is 7.93. The summed E-state index contributed by atoms with van der Waals surface area (Å²) in [6, 6.07) is 13.0. The molecule has 2 N–H and O–H groups in total. The number of amides is 2. The van der Waals surface area contributed by atoms with E-state index in [-0.39, 0.29) is 24.3 Å². The van der Waals surface area contributed by atoms with Crippen LogP contribution in [0, 0.1) is 0 Å². The first-order chi connectivity index (χ1) is 10.7. The van der Waals surface area contributed by atoms with Crippen LogP contribution in [0.5, 0.6) is 0 Å². The number of benzene rings is 1. The molecule has 5 heteroatoms. The highest BCUT2D eigenvalue weighted by Gasteiger charge is 2.10. The summed E-state index contributed by atoms with van der Waals surface area (Å²) in [6.07, 6.45) is 3.36. The standard InChI is InChI=1S/C17H19N3O2/c1-13(14-5-3-2-4-6-14)20-16(21)9-12-19-17(22)15-7-10-18-11-8-15/h2-8,10-11,13H,9,12H2,1H3,(H,19,22)(H,20,21)/t13-/m0/s1. The zero-order chi connectivity index (χ0) is 15.8. The molecule has 0 unspecified atom stereocenters. The Morgan fingerprint density at radius 2 is 1.77 bits per heavy atom. The highest BCUT2D eigenvalue weighted by Crippen LogP contribution is 2.10. The fourth-order valence-corrected chi connectivity index (χ4v) is 2.03. The van der Waals surface area contributed by atoms with Gasteiger partial charge in [0, 0.05) is 30.9 Å². The molecule has 2 aromatic rings. The Morgan fingerprint density at radius 3 is 2.45 bits per heavy atom. The van der Waals surface area contributed by atoms with Gasteiger partial charge >= 0.3 is 0 Å². The Labute approximate surface area is 129 Å². The zero-order valence-corrected chi connectivity index (χ0v) is 12.5. The topological polar surface area (TPSA) is 71.1 Å². The first kappa shape index (κ1) is 15.7. The predicted octanol–water partition coefficient (Wildman–Crippen LogP) is 2.08. The third-order valence-electron chi connectivity index (χ3n) is 3.26. The van der Waals surface area contributed by atoms with Crippen LogP contribution in [0.15, 0.2) is 54.9 Å². The van der Waals surface area contributed by atoms with Crippen LogP contribution in [0.2, 0.25) is 0 Å². The fraction of sp³-hybridized carbons (Fsp3) is 0.235. The molecule has 1 aromatic carbocycles. The van der Waals surface area contributed by atoms with Crippen molar-refractivity contribution in [3.8, 4) is 0 Å². The molecule has 5 nitrogen and oxygen atoms in total. The molecule has 0 radical (unpaired) electrons. The Balaban J connectivity index is 1.73. The van der Waals surface area contributed by atoms with E-state index in [9.17, 15) is 9.59 Å². The van der Waals surface area contributed by atoms with Crippen LogP contribution in [0.4, 0.5) is 0 Å². The van der Waals surface area contributed by atoms with Crippen molar-refractivity contribution in [2.45, 2.75) is 19.4 Å². The predicted molar refractivity (Wildman–Crippen MR) is 84.2 cm³/mol. The van der Waals surface area contributed by atoms with Gasteiger partial charge in [0.25, 0.3) is 5.91 Å². The molecule has 2 amide bonds. The third kappa shape index (κ3) is 4.70. The first-order valence-electron chi connectivity index (χ1n) is 7.19. The summed E-state index contributed by atoms with van der Waals surface area (Å²) in [4.78, 5) is 27.5. The minimum atomic E-state index is -0.202. The molecular weight excluding hydrogens is 278 g/mol. The zero-order valence-electron chi connectivity index (χ0n) is 12.5. The van der Waals surface area contributed by atoms with Crippen LogP contribution < -0.4 is 10.6 Å². The van der Waals surface area contributed by atoms with Crippen molar-refractivity contribution in [2.75, 3.05) is 6.54 Å². The van der Waals surface area contributed by atoms with Crippen LogP contribution in [0.25, 0.3) is 0 Å². The lowest BCUT2D eigenvalue weighted by Crippen LogP contribution is -2.32. The van der Waals surface area contributed by atoms with E-state index in [0.717, 1.165) is 5.56 Å². The number of carbonyl (C=O) groups is 2. The van der Waals surface area contributed by atoms with Crippen LogP contribution in [0.3, 0.4) is 0 Å². The molecule has 1 aromatic heterocycles. The van der Waals surface area contributed by atoms with Gasteiger partial charge in [0.15, 0.2) is 0 Å². The van der Waals surface area contributed by atoms with Crippen molar-refractivity contribution in [3.05, 3.63) is 66.0 Å². The Kier molecular flexibility index (Phi) is 5.65. The summed E-state index contributed by atoms with van der Waals surface area (Å²) in [6.45, 7) is 2.23. The maximum atomic E-state index is 11.9. The first-order valence-corrected chi connectivity index (χ1v) is 7.19. The van der Waals surface area contributed by atoms with Gasteiger partial charge in [-0.05, 0) is 24.6 Å². The van der Waals surface area contributed by atoms with Crippen LogP contribution >= 0.6 is 0 Å². The molecule has 0 fully saturated rings. The van der Waals surface area contributed by atoms with E-state index >= 15 is 0 Å². The normalized spacial score (nSPS) is 11.5. The van der Waals surface area contributed by atoms with Crippen LogP contribution in [-0.4, -0.2) is 23.3 Å². The van der Waals surface area contributed by atoms with E-state index < -0.39 is 0 Å². The molecule has 1 atom stereocenters. The van der Waals surface area contributed by atoms with E-state index in [1.165, 1.54) is 0 Å². The van der Waals surface area contributed by atoms with E-state index in [1.807, 2.05) is 37.3 Å². The highest BCUT2D eigenvalue weighted by molar-refractivity contribution is 5.94. The van der Waals surface area contributed by atoms with Crippen molar-refractivity contribution < 1.29 is 9.59 Å². The van der Waals surface area contributed by atoms with Crippen molar-refractivity contribution in [3.63, 3.8) is 0 Å². The molecule has 0 saturated heterocycles. The van der Waals surface area contributed by atoms with Gasteiger partial charge in [-0.2, -0.15) is 0 Å². The largest absolute Gasteiger partial charge is 0.352 e. The SMILES string of the molecule is C[C@H](NC(=O)CCNC(=O)c1ccncc1)c1ccccc1. The van der Waals surface area contributed by atoms with Gasteiger partial charge in [0.2, 0.25) is 5.91 Å². The average molecular weight is 297 g/mol. The van der Waals surface area contributed by atoms with Crippen LogP contribution in [0.1, 0.15) is 35.3 Å². The molecule has 0 aliphatic heterocycles. The Hall–Kier alpha value is -2.69. The molecule has 0 saturated carbocycles. The number of aromatic nitrogens is 1. The lowest BCUT2D eigenvalue weighted by Gasteiger charge is -2.14. The lowest BCUT2D eigenvalue weighted by molar-refractivity contribution is -0.121. The Bertz CT molecular complexity index is 614. The number of rotatable bonds is 6. The molecule has 0 bridgehead atoms. The van der Waals surface area contributed by atoms with Gasteiger partial charge in [-0.15, -0.1) is 0 Å². The molecule has 0 spiro atoms. The van der Waals surface area contributed by atoms with E-state index in [1.54, 1.807) is 24.5 Å². The van der Waals surface area contributed by atoms with Gasteiger partial charge < -0.3 is 10.6 Å². The summed E-state index contributed by atoms with van der Waals surface area (Å²) in [7, 11) is 0. The summed E-state index contributed by atoms with van der Waals surface area (Å²) < 4.78 is 0. The highest BCUT2D eigenvalue weighted by atomic mass is 16.2.